The Bertz CT molecular complexity index is 796. The third-order valence-electron chi connectivity index (χ3n) is 3.53. The minimum atomic E-state index is -0.229. The molecular formula is C18H14FN3. The molecule has 0 aliphatic rings. The lowest BCUT2D eigenvalue weighted by Crippen LogP contribution is -2.04. The molecule has 0 saturated carbocycles. The van der Waals surface area contributed by atoms with Crippen molar-refractivity contribution in [2.75, 3.05) is 0 Å². The van der Waals surface area contributed by atoms with E-state index in [1.54, 1.807) is 18.5 Å². The molecule has 108 valence electrons. The van der Waals surface area contributed by atoms with Crippen LogP contribution in [0.15, 0.2) is 61.1 Å². The second kappa shape index (κ2) is 6.23. The Balaban J connectivity index is 1.76. The summed E-state index contributed by atoms with van der Waals surface area (Å²) in [6.45, 7) is 0.659. The second-order valence-electron chi connectivity index (χ2n) is 5.12. The number of hydrogen-bond donors (Lipinski definition) is 0. The standard InChI is InChI=1S/C18H14FN3/c19-17-7-5-16(6-8-17)12-22-13-21-11-18(22)9-14-1-3-15(10-20)4-2-14/h1-8,11,13H,9,12H2. The third-order valence-corrected chi connectivity index (χ3v) is 3.53. The zero-order chi connectivity index (χ0) is 15.4. The van der Waals surface area contributed by atoms with E-state index in [9.17, 15) is 4.39 Å². The van der Waals surface area contributed by atoms with Gasteiger partial charge in [-0.1, -0.05) is 24.3 Å². The van der Waals surface area contributed by atoms with Crippen molar-refractivity contribution in [3.8, 4) is 6.07 Å². The molecule has 1 heterocycles. The van der Waals surface area contributed by atoms with Crippen molar-refractivity contribution in [1.82, 2.24) is 9.55 Å². The summed E-state index contributed by atoms with van der Waals surface area (Å²) in [6, 6.07) is 16.1. The van der Waals surface area contributed by atoms with E-state index < -0.39 is 0 Å². The number of halogens is 1. The largest absolute Gasteiger partial charge is 0.330 e. The number of hydrogen-bond acceptors (Lipinski definition) is 2. The minimum absolute atomic E-state index is 0.229. The Kier molecular flexibility index (Phi) is 3.97. The summed E-state index contributed by atoms with van der Waals surface area (Å²) in [4.78, 5) is 4.20. The second-order valence-corrected chi connectivity index (χ2v) is 5.12. The van der Waals surface area contributed by atoms with E-state index in [1.807, 2.05) is 35.0 Å². The van der Waals surface area contributed by atoms with Crippen LogP contribution in [0.3, 0.4) is 0 Å². The van der Waals surface area contributed by atoms with Crippen molar-refractivity contribution in [1.29, 1.82) is 5.26 Å². The first kappa shape index (κ1) is 14.0. The Morgan fingerprint density at radius 1 is 1.00 bits per heavy atom. The van der Waals surface area contributed by atoms with Gasteiger partial charge in [0.2, 0.25) is 0 Å². The first-order valence-electron chi connectivity index (χ1n) is 6.97. The number of nitrogens with zero attached hydrogens (tertiary/aromatic N) is 3. The Morgan fingerprint density at radius 3 is 2.36 bits per heavy atom. The molecule has 0 unspecified atom stereocenters. The highest BCUT2D eigenvalue weighted by atomic mass is 19.1. The molecule has 3 nitrogen and oxygen atoms in total. The van der Waals surface area contributed by atoms with E-state index in [4.69, 9.17) is 5.26 Å². The fourth-order valence-corrected chi connectivity index (χ4v) is 2.33. The fourth-order valence-electron chi connectivity index (χ4n) is 2.33. The normalized spacial score (nSPS) is 10.4. The Labute approximate surface area is 128 Å². The molecule has 0 atom stereocenters. The monoisotopic (exact) mass is 291 g/mol. The lowest BCUT2D eigenvalue weighted by molar-refractivity contribution is 0.626. The number of aromatic nitrogens is 2. The molecule has 2 aromatic carbocycles. The predicted octanol–water partition coefficient (Wildman–Crippen LogP) is 3.53. The number of imidazole rings is 1. The van der Waals surface area contributed by atoms with E-state index in [-0.39, 0.29) is 5.82 Å². The molecule has 22 heavy (non-hydrogen) atoms. The van der Waals surface area contributed by atoms with Gasteiger partial charge < -0.3 is 4.57 Å². The highest BCUT2D eigenvalue weighted by Gasteiger charge is 2.05. The average molecular weight is 291 g/mol. The highest BCUT2D eigenvalue weighted by Crippen LogP contribution is 2.13. The van der Waals surface area contributed by atoms with Gasteiger partial charge in [0.05, 0.1) is 18.0 Å². The molecule has 0 bridgehead atoms. The molecule has 4 heteroatoms. The van der Waals surface area contributed by atoms with Crippen LogP contribution in [0, 0.1) is 17.1 Å². The van der Waals surface area contributed by atoms with Crippen LogP contribution in [-0.4, -0.2) is 9.55 Å². The lowest BCUT2D eigenvalue weighted by Gasteiger charge is -2.08. The first-order chi connectivity index (χ1) is 10.7. The maximum absolute atomic E-state index is 13.0. The SMILES string of the molecule is N#Cc1ccc(Cc2cncn2Cc2ccc(F)cc2)cc1. The predicted molar refractivity (Wildman–Crippen MR) is 81.7 cm³/mol. The minimum Gasteiger partial charge on any atom is -0.330 e. The zero-order valence-electron chi connectivity index (χ0n) is 11.9. The van der Waals surface area contributed by atoms with E-state index in [0.29, 0.717) is 12.1 Å². The maximum Gasteiger partial charge on any atom is 0.123 e. The van der Waals surface area contributed by atoms with Crippen LogP contribution in [0.25, 0.3) is 0 Å². The van der Waals surface area contributed by atoms with Gasteiger partial charge in [0.25, 0.3) is 0 Å². The molecule has 0 spiro atoms. The molecule has 0 N–H and O–H groups in total. The summed E-state index contributed by atoms with van der Waals surface area (Å²) in [5, 5.41) is 8.82. The van der Waals surface area contributed by atoms with E-state index in [1.165, 1.54) is 12.1 Å². The molecule has 0 fully saturated rings. The molecule has 3 aromatic rings. The molecule has 0 radical (unpaired) electrons. The number of rotatable bonds is 4. The van der Waals surface area contributed by atoms with E-state index in [0.717, 1.165) is 23.2 Å². The van der Waals surface area contributed by atoms with Gasteiger partial charge in [-0.2, -0.15) is 5.26 Å². The van der Waals surface area contributed by atoms with Crippen LogP contribution in [0.5, 0.6) is 0 Å². The van der Waals surface area contributed by atoms with Gasteiger partial charge in [-0.15, -0.1) is 0 Å². The van der Waals surface area contributed by atoms with Crippen molar-refractivity contribution in [3.05, 3.63) is 89.3 Å². The number of benzene rings is 2. The Morgan fingerprint density at radius 2 is 1.68 bits per heavy atom. The van der Waals surface area contributed by atoms with Crippen LogP contribution in [0.1, 0.15) is 22.4 Å². The van der Waals surface area contributed by atoms with Crippen molar-refractivity contribution in [2.45, 2.75) is 13.0 Å². The lowest BCUT2D eigenvalue weighted by atomic mass is 10.1. The first-order valence-corrected chi connectivity index (χ1v) is 6.97. The van der Waals surface area contributed by atoms with Crippen molar-refractivity contribution in [3.63, 3.8) is 0 Å². The van der Waals surface area contributed by atoms with Gasteiger partial charge in [0.15, 0.2) is 0 Å². The summed E-state index contributed by atoms with van der Waals surface area (Å²) in [6.07, 6.45) is 4.36. The average Bonchev–Trinajstić information content (AvgIpc) is 2.97. The van der Waals surface area contributed by atoms with Crippen LogP contribution >= 0.6 is 0 Å². The molecule has 0 aliphatic carbocycles. The zero-order valence-corrected chi connectivity index (χ0v) is 11.9. The molecule has 0 saturated heterocycles. The van der Waals surface area contributed by atoms with Crippen molar-refractivity contribution < 1.29 is 4.39 Å². The third kappa shape index (κ3) is 3.21. The van der Waals surface area contributed by atoms with E-state index in [2.05, 4.69) is 11.1 Å². The smallest absolute Gasteiger partial charge is 0.123 e. The number of nitriles is 1. The van der Waals surface area contributed by atoms with Crippen LogP contribution in [-0.2, 0) is 13.0 Å². The van der Waals surface area contributed by atoms with E-state index >= 15 is 0 Å². The molecule has 1 aromatic heterocycles. The van der Waals surface area contributed by atoms with Gasteiger partial charge in [0, 0.05) is 24.9 Å². The van der Waals surface area contributed by atoms with Crippen molar-refractivity contribution >= 4 is 0 Å². The highest BCUT2D eigenvalue weighted by molar-refractivity contribution is 5.33. The van der Waals surface area contributed by atoms with Gasteiger partial charge >= 0.3 is 0 Å². The summed E-state index contributed by atoms with van der Waals surface area (Å²) in [5.41, 5.74) is 3.89. The summed E-state index contributed by atoms with van der Waals surface area (Å²) in [7, 11) is 0. The molecule has 0 aliphatic heterocycles. The van der Waals surface area contributed by atoms with Gasteiger partial charge in [-0.3, -0.25) is 0 Å². The topological polar surface area (TPSA) is 41.6 Å². The van der Waals surface area contributed by atoms with Crippen LogP contribution in [0.4, 0.5) is 4.39 Å². The van der Waals surface area contributed by atoms with Crippen molar-refractivity contribution in [2.24, 2.45) is 0 Å². The van der Waals surface area contributed by atoms with Crippen LogP contribution in [0.2, 0.25) is 0 Å². The molecule has 3 rings (SSSR count). The van der Waals surface area contributed by atoms with Gasteiger partial charge in [-0.25, -0.2) is 9.37 Å². The molecule has 0 amide bonds. The van der Waals surface area contributed by atoms with Gasteiger partial charge in [0.1, 0.15) is 5.82 Å². The van der Waals surface area contributed by atoms with Crippen LogP contribution < -0.4 is 0 Å². The fraction of sp³-hybridized carbons (Fsp3) is 0.111. The summed E-state index contributed by atoms with van der Waals surface area (Å²) in [5.74, 6) is -0.229. The maximum atomic E-state index is 13.0. The van der Waals surface area contributed by atoms with Gasteiger partial charge in [-0.05, 0) is 35.4 Å². The molecular weight excluding hydrogens is 277 g/mol. The Hall–Kier alpha value is -2.93. The summed E-state index contributed by atoms with van der Waals surface area (Å²) < 4.78 is 15.0. The quantitative estimate of drug-likeness (QED) is 0.738. The summed E-state index contributed by atoms with van der Waals surface area (Å²) >= 11 is 0.